The number of nitrogens with one attached hydrogen (secondary N) is 1. The zero-order valence-electron chi connectivity index (χ0n) is 43.0. The van der Waals surface area contributed by atoms with Crippen LogP contribution in [0.5, 0.6) is 0 Å². The zero-order valence-corrected chi connectivity index (χ0v) is 43.9. The molecule has 14 heteroatoms. The Hall–Kier alpha value is -2.00. The summed E-state index contributed by atoms with van der Waals surface area (Å²) >= 11 is 0. The first-order chi connectivity index (χ1) is 33.3. The Kier molecular flexibility index (Phi) is 41.1. The molecule has 0 heterocycles. The lowest BCUT2D eigenvalue weighted by atomic mass is 9.85. The van der Waals surface area contributed by atoms with Crippen LogP contribution in [-0.2, 0) is 18.4 Å². The highest BCUT2D eigenvalue weighted by Gasteiger charge is 2.51. The van der Waals surface area contributed by atoms with E-state index in [0.717, 1.165) is 57.8 Å². The van der Waals surface area contributed by atoms with Crippen LogP contribution in [0, 0.1) is 0 Å². The molecule has 1 rings (SSSR count). The van der Waals surface area contributed by atoms with Crippen LogP contribution < -0.4 is 5.32 Å². The van der Waals surface area contributed by atoms with Gasteiger partial charge in [0.2, 0.25) is 5.91 Å². The fourth-order valence-electron chi connectivity index (χ4n) is 8.43. The number of unbranched alkanes of at least 4 members (excludes halogenated alkanes) is 24. The monoisotopic (exact) mass is 998 g/mol. The highest BCUT2D eigenvalue weighted by atomic mass is 31.2. The maximum Gasteiger partial charge on any atom is 0.472 e. The van der Waals surface area contributed by atoms with Crippen molar-refractivity contribution in [3.63, 3.8) is 0 Å². The van der Waals surface area contributed by atoms with Gasteiger partial charge in [-0.3, -0.25) is 13.8 Å². The van der Waals surface area contributed by atoms with Gasteiger partial charge >= 0.3 is 7.82 Å². The standard InChI is InChI=1S/C55H100NO12P/c1-3-5-7-9-11-13-15-17-19-21-23-25-27-29-31-33-35-37-39-41-43-48(58)47(45-67-69(65,66)68-55-53(63)51(61)50(60)52(62)54(55)64)56-49(59)44-46(57)42-40-38-36-34-32-30-28-26-24-22-20-18-16-14-12-10-8-6-4-2/h6,8,12,14,25,27,33,35,41,43,46-48,50-55,57-58,60-64H,3-5,7,9-11,13,15-24,26,28-32,34,36-40,42,44-45H2,1-2H3,(H,56,59)(H,65,66)/b8-6-,14-12-,27-25+,35-33+,43-41+. The predicted octanol–water partition coefficient (Wildman–Crippen LogP) is 10.8. The molecule has 0 aromatic rings. The second kappa shape index (κ2) is 43.6. The van der Waals surface area contributed by atoms with Crippen molar-refractivity contribution in [1.82, 2.24) is 5.32 Å². The number of allylic oxidation sites excluding steroid dienone is 9. The van der Waals surface area contributed by atoms with Crippen LogP contribution in [0.15, 0.2) is 60.8 Å². The van der Waals surface area contributed by atoms with Gasteiger partial charge in [-0.2, -0.15) is 0 Å². The average Bonchev–Trinajstić information content (AvgIpc) is 3.32. The van der Waals surface area contributed by atoms with Crippen LogP contribution in [-0.4, -0.2) is 108 Å². The SMILES string of the molecule is CC/C=C\C/C=C\CCCCCCCCCCCCCCC(O)CC(=O)NC(COP(=O)(O)OC1C(O)C(O)C(O)C(O)C1O)C(O)/C=C/CC/C=C/CC/C=C/CCCCCCCCCCCC. The van der Waals surface area contributed by atoms with Crippen molar-refractivity contribution >= 4 is 13.7 Å². The molecule has 69 heavy (non-hydrogen) atoms. The minimum Gasteiger partial charge on any atom is -0.393 e. The predicted molar refractivity (Wildman–Crippen MR) is 279 cm³/mol. The highest BCUT2D eigenvalue weighted by Crippen LogP contribution is 2.47. The molecule has 0 saturated heterocycles. The van der Waals surface area contributed by atoms with Crippen LogP contribution in [0.2, 0.25) is 0 Å². The maximum atomic E-state index is 13.1. The lowest BCUT2D eigenvalue weighted by molar-refractivity contribution is -0.220. The third-order valence-electron chi connectivity index (χ3n) is 12.8. The third kappa shape index (κ3) is 34.9. The zero-order chi connectivity index (χ0) is 50.8. The summed E-state index contributed by atoms with van der Waals surface area (Å²) in [7, 11) is -5.16. The summed E-state index contributed by atoms with van der Waals surface area (Å²) < 4.78 is 23.0. The number of hydrogen-bond acceptors (Lipinski definition) is 11. The summed E-state index contributed by atoms with van der Waals surface area (Å²) in [6.07, 6.45) is 41.6. The molecule has 8 atom stereocenters. The summed E-state index contributed by atoms with van der Waals surface area (Å²) in [5.41, 5.74) is 0. The van der Waals surface area contributed by atoms with E-state index in [4.69, 9.17) is 9.05 Å². The Morgan fingerprint density at radius 2 is 0.942 bits per heavy atom. The lowest BCUT2D eigenvalue weighted by Gasteiger charge is -2.41. The normalized spacial score (nSPS) is 22.4. The van der Waals surface area contributed by atoms with Crippen LogP contribution in [0.25, 0.3) is 0 Å². The second-order valence-electron chi connectivity index (χ2n) is 19.2. The Balaban J connectivity index is 2.49. The van der Waals surface area contributed by atoms with Crippen molar-refractivity contribution in [3.8, 4) is 0 Å². The molecule has 0 aliphatic heterocycles. The molecule has 1 amide bonds. The summed E-state index contributed by atoms with van der Waals surface area (Å²) in [5, 5.41) is 74.8. The van der Waals surface area contributed by atoms with E-state index in [0.29, 0.717) is 19.3 Å². The maximum absolute atomic E-state index is 13.1. The number of amides is 1. The summed E-state index contributed by atoms with van der Waals surface area (Å²) in [5.74, 6) is -0.608. The first-order valence-electron chi connectivity index (χ1n) is 27.3. The molecule has 8 unspecified atom stereocenters. The number of rotatable bonds is 45. The quantitative estimate of drug-likeness (QED) is 0.0158. The van der Waals surface area contributed by atoms with Crippen LogP contribution >= 0.6 is 7.82 Å². The van der Waals surface area contributed by atoms with Crippen LogP contribution in [0.3, 0.4) is 0 Å². The molecule has 0 bridgehead atoms. The lowest BCUT2D eigenvalue weighted by Crippen LogP contribution is -2.64. The largest absolute Gasteiger partial charge is 0.472 e. The molecule has 1 fully saturated rings. The van der Waals surface area contributed by atoms with E-state index in [1.54, 1.807) is 6.08 Å². The number of hydrogen-bond donors (Lipinski definition) is 9. The van der Waals surface area contributed by atoms with Crippen LogP contribution in [0.4, 0.5) is 0 Å². The molecule has 0 spiro atoms. The molecular weight excluding hydrogens is 898 g/mol. The smallest absolute Gasteiger partial charge is 0.393 e. The topological polar surface area (TPSA) is 226 Å². The third-order valence-corrected chi connectivity index (χ3v) is 13.8. The van der Waals surface area contributed by atoms with Crippen LogP contribution in [0.1, 0.15) is 219 Å². The number of carbonyl (C=O) groups excluding carboxylic acids is 1. The number of aliphatic hydroxyl groups is 7. The summed E-state index contributed by atoms with van der Waals surface area (Å²) in [6.45, 7) is 3.65. The van der Waals surface area contributed by atoms with Gasteiger partial charge in [0.05, 0.1) is 31.3 Å². The molecule has 0 aromatic heterocycles. The fraction of sp³-hybridized carbons (Fsp3) is 0.800. The van der Waals surface area contributed by atoms with E-state index < -0.39 is 75.2 Å². The minimum absolute atomic E-state index is 0.259. The molecule has 0 aromatic carbocycles. The molecule has 1 aliphatic carbocycles. The number of aliphatic hydroxyl groups excluding tert-OH is 7. The van der Waals surface area contributed by atoms with E-state index in [9.17, 15) is 50.0 Å². The number of carbonyl (C=O) groups is 1. The molecule has 402 valence electrons. The van der Waals surface area contributed by atoms with Crippen molar-refractivity contribution in [2.75, 3.05) is 6.61 Å². The summed E-state index contributed by atoms with van der Waals surface area (Å²) in [6, 6.07) is -1.27. The molecular formula is C55H100NO12P. The highest BCUT2D eigenvalue weighted by molar-refractivity contribution is 7.47. The van der Waals surface area contributed by atoms with E-state index in [1.165, 1.54) is 128 Å². The molecule has 0 radical (unpaired) electrons. The Bertz CT molecular complexity index is 1410. The van der Waals surface area contributed by atoms with Gasteiger partial charge in [0, 0.05) is 0 Å². The average molecular weight is 998 g/mol. The van der Waals surface area contributed by atoms with Crippen molar-refractivity contribution in [2.45, 2.75) is 274 Å². The van der Waals surface area contributed by atoms with Gasteiger partial charge in [-0.1, -0.05) is 203 Å². The number of phosphoric acid groups is 1. The fourth-order valence-corrected chi connectivity index (χ4v) is 9.40. The van der Waals surface area contributed by atoms with Gasteiger partial charge in [-0.15, -0.1) is 0 Å². The van der Waals surface area contributed by atoms with Gasteiger partial charge in [-0.25, -0.2) is 4.57 Å². The second-order valence-corrected chi connectivity index (χ2v) is 20.6. The Morgan fingerprint density at radius 3 is 1.43 bits per heavy atom. The van der Waals surface area contributed by atoms with E-state index in [1.807, 2.05) is 0 Å². The van der Waals surface area contributed by atoms with Crippen molar-refractivity contribution in [2.24, 2.45) is 0 Å². The van der Waals surface area contributed by atoms with Gasteiger partial charge in [-0.05, 0) is 70.6 Å². The first-order valence-corrected chi connectivity index (χ1v) is 28.8. The van der Waals surface area contributed by atoms with E-state index >= 15 is 0 Å². The summed E-state index contributed by atoms with van der Waals surface area (Å²) in [4.78, 5) is 23.6. The Morgan fingerprint density at radius 1 is 0.536 bits per heavy atom. The van der Waals surface area contributed by atoms with E-state index in [-0.39, 0.29) is 6.42 Å². The molecule has 9 N–H and O–H groups in total. The van der Waals surface area contributed by atoms with Crippen molar-refractivity contribution < 1.29 is 59.0 Å². The van der Waals surface area contributed by atoms with E-state index in [2.05, 4.69) is 67.8 Å². The van der Waals surface area contributed by atoms with Gasteiger partial charge in [0.1, 0.15) is 36.6 Å². The van der Waals surface area contributed by atoms with Crippen molar-refractivity contribution in [3.05, 3.63) is 60.8 Å². The van der Waals surface area contributed by atoms with Gasteiger partial charge < -0.3 is 46.0 Å². The Labute approximate surface area is 418 Å². The van der Waals surface area contributed by atoms with Crippen molar-refractivity contribution in [1.29, 1.82) is 0 Å². The molecule has 1 saturated carbocycles. The first kappa shape index (κ1) is 65.0. The molecule has 1 aliphatic rings. The van der Waals surface area contributed by atoms with Gasteiger partial charge in [0.25, 0.3) is 0 Å². The van der Waals surface area contributed by atoms with Gasteiger partial charge in [0.15, 0.2) is 0 Å². The molecule has 13 nitrogen and oxygen atoms in total. The number of phosphoric ester groups is 1. The minimum atomic E-state index is -5.16.